The molecule has 3 saturated heterocycles. The van der Waals surface area contributed by atoms with Gasteiger partial charge in [-0.2, -0.15) is 5.10 Å². The van der Waals surface area contributed by atoms with Gasteiger partial charge in [0, 0.05) is 43.2 Å². The lowest BCUT2D eigenvalue weighted by molar-refractivity contribution is 0.0405. The molecule has 0 spiro atoms. The van der Waals surface area contributed by atoms with Crippen LogP contribution in [0.15, 0.2) is 57.2 Å². The van der Waals surface area contributed by atoms with Crippen molar-refractivity contribution in [3.63, 3.8) is 0 Å². The molecule has 0 aliphatic carbocycles. The second-order valence-electron chi connectivity index (χ2n) is 9.58. The molecule has 0 N–H and O–H groups in total. The number of halogens is 1. The van der Waals surface area contributed by atoms with Crippen molar-refractivity contribution in [1.82, 2.24) is 24.6 Å². The third kappa shape index (κ3) is 5.15. The summed E-state index contributed by atoms with van der Waals surface area (Å²) in [6, 6.07) is 1.43. The van der Waals surface area contributed by atoms with Gasteiger partial charge in [0.1, 0.15) is 24.1 Å². The Morgan fingerprint density at radius 2 is 2.08 bits per heavy atom. The Labute approximate surface area is 211 Å². The van der Waals surface area contributed by atoms with Gasteiger partial charge >= 0.3 is 0 Å². The summed E-state index contributed by atoms with van der Waals surface area (Å²) in [6.45, 7) is 13.1. The Morgan fingerprint density at radius 3 is 2.78 bits per heavy atom. The summed E-state index contributed by atoms with van der Waals surface area (Å²) in [5, 5.41) is 4.67. The first-order chi connectivity index (χ1) is 17.6. The molecule has 10 heteroatoms. The largest absolute Gasteiger partial charge is 0.360 e. The zero-order valence-corrected chi connectivity index (χ0v) is 21.0. The molecule has 0 aromatic carbocycles. The first-order valence-corrected chi connectivity index (χ1v) is 12.6. The molecule has 2 bridgehead atoms. The van der Waals surface area contributed by atoms with Crippen molar-refractivity contribution in [1.29, 1.82) is 0 Å². The van der Waals surface area contributed by atoms with E-state index in [1.807, 2.05) is 24.9 Å². The molecule has 190 valence electrons. The number of pyridine rings is 1. The molecule has 0 radical (unpaired) electrons. The van der Waals surface area contributed by atoms with Crippen molar-refractivity contribution in [2.45, 2.75) is 39.8 Å². The second-order valence-corrected chi connectivity index (χ2v) is 9.58. The predicted octanol–water partition coefficient (Wildman–Crippen LogP) is 3.35. The lowest BCUT2D eigenvalue weighted by Crippen LogP contribution is -2.48. The van der Waals surface area contributed by atoms with Gasteiger partial charge in [0.05, 0.1) is 24.6 Å². The zero-order valence-electron chi connectivity index (χ0n) is 21.0. The molecular weight excluding hydrogens is 459 g/mol. The average molecular weight is 493 g/mol. The number of fused-ring (bicyclic) bond motifs is 3. The number of ether oxygens (including phenoxy) is 1. The number of nitrogens with zero attached hydrogens (tertiary/aromatic N) is 8. The van der Waals surface area contributed by atoms with Crippen molar-refractivity contribution < 1.29 is 9.13 Å². The van der Waals surface area contributed by atoms with Crippen LogP contribution in [0.1, 0.15) is 37.8 Å². The fourth-order valence-electron chi connectivity index (χ4n) is 5.33. The number of amidine groups is 2. The van der Waals surface area contributed by atoms with Gasteiger partial charge in [-0.1, -0.05) is 0 Å². The molecule has 6 rings (SSSR count). The Morgan fingerprint density at radius 1 is 1.25 bits per heavy atom. The molecule has 1 atom stereocenters. The standard InChI is InChI=1S/C26H33FN8O/c1-4-36-17-30-26-24(18(2)28-3)32-25(21-9-23(27)12-29-11-21)35(26)14-19-10-31-34(13-19)16-22-15-33-7-5-20(22)6-8-33/h9-13,20,22H,3-8,14-17H2,1-2H3/b24-18+,30-26?. The number of piperidine rings is 3. The maximum atomic E-state index is 14.1. The first kappa shape index (κ1) is 24.5. The number of hydrogen-bond donors (Lipinski definition) is 0. The lowest BCUT2D eigenvalue weighted by Gasteiger charge is -2.44. The maximum Gasteiger partial charge on any atom is 0.160 e. The van der Waals surface area contributed by atoms with E-state index in [1.165, 1.54) is 38.2 Å². The number of aromatic nitrogens is 3. The maximum absolute atomic E-state index is 14.1. The van der Waals surface area contributed by atoms with E-state index in [-0.39, 0.29) is 6.73 Å². The van der Waals surface area contributed by atoms with E-state index in [0.717, 1.165) is 24.6 Å². The van der Waals surface area contributed by atoms with E-state index in [9.17, 15) is 4.39 Å². The van der Waals surface area contributed by atoms with Gasteiger partial charge in [-0.25, -0.2) is 14.4 Å². The van der Waals surface area contributed by atoms with Crippen LogP contribution in [0.25, 0.3) is 0 Å². The molecule has 0 amide bonds. The van der Waals surface area contributed by atoms with Crippen LogP contribution in [-0.2, 0) is 17.8 Å². The fourth-order valence-corrected chi connectivity index (χ4v) is 5.33. The molecule has 2 aromatic rings. The Balaban J connectivity index is 1.43. The van der Waals surface area contributed by atoms with E-state index in [2.05, 4.69) is 42.6 Å². The molecule has 3 fully saturated rings. The summed E-state index contributed by atoms with van der Waals surface area (Å²) in [6.07, 6.45) is 9.35. The zero-order chi connectivity index (χ0) is 25.1. The lowest BCUT2D eigenvalue weighted by atomic mass is 9.79. The van der Waals surface area contributed by atoms with Gasteiger partial charge in [0.25, 0.3) is 0 Å². The van der Waals surface area contributed by atoms with Crippen LogP contribution in [0, 0.1) is 17.7 Å². The van der Waals surface area contributed by atoms with E-state index in [0.29, 0.717) is 47.7 Å². The second kappa shape index (κ2) is 10.8. The minimum absolute atomic E-state index is 0.180. The monoisotopic (exact) mass is 492 g/mol. The predicted molar refractivity (Wildman–Crippen MR) is 137 cm³/mol. The number of aliphatic imine (C=N–C) groups is 3. The van der Waals surface area contributed by atoms with E-state index in [4.69, 9.17) is 9.73 Å². The topological polar surface area (TPSA) is 83.5 Å². The molecule has 36 heavy (non-hydrogen) atoms. The van der Waals surface area contributed by atoms with Gasteiger partial charge in [0.2, 0.25) is 0 Å². The van der Waals surface area contributed by atoms with Crippen LogP contribution >= 0.6 is 0 Å². The Hall–Kier alpha value is -3.24. The number of hydrogen-bond acceptors (Lipinski definition) is 7. The molecule has 1 unspecified atom stereocenters. The number of rotatable bonds is 9. The minimum Gasteiger partial charge on any atom is -0.360 e. The highest BCUT2D eigenvalue weighted by Crippen LogP contribution is 2.33. The van der Waals surface area contributed by atoms with Crippen LogP contribution in [-0.4, -0.2) is 75.9 Å². The molecule has 4 aliphatic heterocycles. The number of allylic oxidation sites excluding steroid dienone is 1. The third-order valence-electron chi connectivity index (χ3n) is 7.23. The highest BCUT2D eigenvalue weighted by atomic mass is 19.1. The molecular formula is C26H33FN8O. The SMILES string of the molecule is C=N/C(C)=C1/N=C(c2cncc(F)c2)N(Cc2cnn(CC3CN4CCC3CC4)c2)C1=NCOCC. The van der Waals surface area contributed by atoms with Crippen LogP contribution in [0.4, 0.5) is 4.39 Å². The quantitative estimate of drug-likeness (QED) is 0.396. The first-order valence-electron chi connectivity index (χ1n) is 12.6. The summed E-state index contributed by atoms with van der Waals surface area (Å²) in [5.74, 6) is 2.17. The van der Waals surface area contributed by atoms with Gasteiger partial charge in [-0.05, 0) is 64.4 Å². The van der Waals surface area contributed by atoms with Crippen molar-refractivity contribution in [2.75, 3.05) is 33.0 Å². The summed E-state index contributed by atoms with van der Waals surface area (Å²) in [4.78, 5) is 22.1. The van der Waals surface area contributed by atoms with Crippen molar-refractivity contribution in [3.8, 4) is 0 Å². The van der Waals surface area contributed by atoms with Gasteiger partial charge < -0.3 is 14.5 Å². The summed E-state index contributed by atoms with van der Waals surface area (Å²) >= 11 is 0. The van der Waals surface area contributed by atoms with E-state index < -0.39 is 5.82 Å². The summed E-state index contributed by atoms with van der Waals surface area (Å²) < 4.78 is 21.6. The van der Waals surface area contributed by atoms with Crippen LogP contribution in [0.2, 0.25) is 0 Å². The highest BCUT2D eigenvalue weighted by molar-refractivity contribution is 6.20. The highest BCUT2D eigenvalue weighted by Gasteiger charge is 2.35. The van der Waals surface area contributed by atoms with Crippen LogP contribution in [0.3, 0.4) is 0 Å². The van der Waals surface area contributed by atoms with E-state index in [1.54, 1.807) is 6.20 Å². The summed E-state index contributed by atoms with van der Waals surface area (Å²) in [5.41, 5.74) is 2.80. The van der Waals surface area contributed by atoms with Crippen LogP contribution in [0.5, 0.6) is 0 Å². The van der Waals surface area contributed by atoms with Crippen molar-refractivity contribution in [3.05, 3.63) is 59.2 Å². The van der Waals surface area contributed by atoms with Gasteiger partial charge in [-0.3, -0.25) is 14.7 Å². The molecule has 6 heterocycles. The smallest absolute Gasteiger partial charge is 0.160 e. The molecule has 0 saturated carbocycles. The van der Waals surface area contributed by atoms with Gasteiger partial charge in [0.15, 0.2) is 5.84 Å². The Kier molecular flexibility index (Phi) is 7.33. The molecule has 4 aliphatic rings. The minimum atomic E-state index is -0.427. The third-order valence-corrected chi connectivity index (χ3v) is 7.23. The normalized spacial score (nSPS) is 26.0. The Bertz CT molecular complexity index is 1190. The molecule has 9 nitrogen and oxygen atoms in total. The van der Waals surface area contributed by atoms with Crippen LogP contribution < -0.4 is 0 Å². The average Bonchev–Trinajstić information content (AvgIpc) is 3.49. The fraction of sp³-hybridized carbons (Fsp3) is 0.500. The van der Waals surface area contributed by atoms with Crippen molar-refractivity contribution in [2.24, 2.45) is 26.8 Å². The molecule has 2 aromatic heterocycles. The van der Waals surface area contributed by atoms with E-state index >= 15 is 0 Å². The summed E-state index contributed by atoms with van der Waals surface area (Å²) in [7, 11) is 0. The van der Waals surface area contributed by atoms with Gasteiger partial charge in [-0.15, -0.1) is 0 Å². The van der Waals surface area contributed by atoms with Crippen molar-refractivity contribution >= 4 is 18.4 Å².